The first-order chi connectivity index (χ1) is 9.99. The van der Waals surface area contributed by atoms with Gasteiger partial charge in [-0.25, -0.2) is 8.42 Å². The van der Waals surface area contributed by atoms with Gasteiger partial charge in [0.1, 0.15) is 5.25 Å². The van der Waals surface area contributed by atoms with Crippen molar-refractivity contribution >= 4 is 15.7 Å². The van der Waals surface area contributed by atoms with Crippen LogP contribution >= 0.6 is 0 Å². The van der Waals surface area contributed by atoms with Crippen molar-refractivity contribution in [3.05, 3.63) is 35.9 Å². The molecular formula is C16H23NO3S. The average Bonchev–Trinajstić information content (AvgIpc) is 2.48. The maximum atomic E-state index is 12.3. The molecule has 1 aromatic rings. The number of benzene rings is 1. The van der Waals surface area contributed by atoms with Gasteiger partial charge in [0, 0.05) is 6.04 Å². The van der Waals surface area contributed by atoms with Gasteiger partial charge in [-0.3, -0.25) is 4.79 Å². The lowest BCUT2D eigenvalue weighted by molar-refractivity contribution is -0.121. The van der Waals surface area contributed by atoms with Crippen LogP contribution in [0.15, 0.2) is 30.3 Å². The van der Waals surface area contributed by atoms with E-state index in [1.165, 1.54) is 13.3 Å². The van der Waals surface area contributed by atoms with Crippen LogP contribution in [0.1, 0.15) is 44.6 Å². The first-order valence-corrected chi connectivity index (χ1v) is 9.26. The van der Waals surface area contributed by atoms with Gasteiger partial charge in [-0.2, -0.15) is 0 Å². The molecule has 1 saturated carbocycles. The monoisotopic (exact) mass is 309 g/mol. The highest BCUT2D eigenvalue weighted by atomic mass is 32.2. The van der Waals surface area contributed by atoms with Crippen molar-refractivity contribution in [1.29, 1.82) is 0 Å². The molecule has 0 aliphatic heterocycles. The number of hydrogen-bond donors (Lipinski definition) is 1. The smallest absolute Gasteiger partial charge is 0.238 e. The molecule has 0 saturated heterocycles. The van der Waals surface area contributed by atoms with Crippen molar-refractivity contribution in [1.82, 2.24) is 5.32 Å². The van der Waals surface area contributed by atoms with E-state index >= 15 is 0 Å². The normalized spacial score (nSPS) is 18.1. The second-order valence-corrected chi connectivity index (χ2v) is 8.10. The summed E-state index contributed by atoms with van der Waals surface area (Å²) in [5, 5.41) is 1.89. The molecule has 1 amide bonds. The summed E-state index contributed by atoms with van der Waals surface area (Å²) in [5.41, 5.74) is 0.717. The Hall–Kier alpha value is -1.36. The third kappa shape index (κ3) is 4.56. The molecule has 1 unspecified atom stereocenters. The highest BCUT2D eigenvalue weighted by Gasteiger charge is 2.29. The summed E-state index contributed by atoms with van der Waals surface area (Å²) in [5.74, 6) is -0.453. The van der Waals surface area contributed by atoms with Gasteiger partial charge in [-0.15, -0.1) is 0 Å². The van der Waals surface area contributed by atoms with E-state index in [0.29, 0.717) is 0 Å². The van der Waals surface area contributed by atoms with Crippen LogP contribution in [-0.2, 0) is 20.4 Å². The quantitative estimate of drug-likeness (QED) is 0.908. The van der Waals surface area contributed by atoms with Crippen LogP contribution in [0.2, 0.25) is 0 Å². The zero-order valence-electron chi connectivity index (χ0n) is 12.4. The minimum atomic E-state index is -3.48. The van der Waals surface area contributed by atoms with Crippen LogP contribution in [0, 0.1) is 0 Å². The van der Waals surface area contributed by atoms with Crippen molar-refractivity contribution in [2.45, 2.75) is 56.1 Å². The molecule has 1 aliphatic carbocycles. The average molecular weight is 309 g/mol. The van der Waals surface area contributed by atoms with Crippen molar-refractivity contribution in [2.24, 2.45) is 0 Å². The molecule has 0 bridgehead atoms. The number of sulfone groups is 1. The molecule has 1 aliphatic rings. The summed E-state index contributed by atoms with van der Waals surface area (Å²) < 4.78 is 24.6. The van der Waals surface area contributed by atoms with Crippen LogP contribution < -0.4 is 5.32 Å². The van der Waals surface area contributed by atoms with Crippen molar-refractivity contribution in [3.63, 3.8) is 0 Å². The molecule has 2 rings (SSSR count). The van der Waals surface area contributed by atoms with Crippen LogP contribution in [0.4, 0.5) is 0 Å². The minimum Gasteiger partial charge on any atom is -0.352 e. The maximum Gasteiger partial charge on any atom is 0.238 e. The van der Waals surface area contributed by atoms with E-state index in [1.54, 1.807) is 24.3 Å². The Labute approximate surface area is 126 Å². The lowest BCUT2D eigenvalue weighted by atomic mass is 9.95. The zero-order chi connectivity index (χ0) is 15.3. The first kappa shape index (κ1) is 16.0. The molecule has 0 spiro atoms. The van der Waals surface area contributed by atoms with Gasteiger partial charge in [0.15, 0.2) is 9.84 Å². The molecule has 1 aromatic carbocycles. The topological polar surface area (TPSA) is 63.2 Å². The van der Waals surface area contributed by atoms with E-state index in [4.69, 9.17) is 0 Å². The molecule has 0 radical (unpaired) electrons. The van der Waals surface area contributed by atoms with Crippen molar-refractivity contribution in [2.75, 3.05) is 0 Å². The van der Waals surface area contributed by atoms with E-state index in [-0.39, 0.29) is 17.7 Å². The maximum absolute atomic E-state index is 12.3. The van der Waals surface area contributed by atoms with Gasteiger partial charge in [-0.05, 0) is 25.3 Å². The Morgan fingerprint density at radius 2 is 1.81 bits per heavy atom. The van der Waals surface area contributed by atoms with E-state index < -0.39 is 15.1 Å². The summed E-state index contributed by atoms with van der Waals surface area (Å²) in [6.45, 7) is 1.48. The van der Waals surface area contributed by atoms with Gasteiger partial charge in [-0.1, -0.05) is 49.6 Å². The zero-order valence-corrected chi connectivity index (χ0v) is 13.2. The Balaban J connectivity index is 1.96. The van der Waals surface area contributed by atoms with Gasteiger partial charge >= 0.3 is 0 Å². The molecule has 1 atom stereocenters. The molecule has 116 valence electrons. The Bertz CT molecular complexity index is 562. The van der Waals surface area contributed by atoms with E-state index in [1.807, 2.05) is 6.07 Å². The molecule has 1 fully saturated rings. The van der Waals surface area contributed by atoms with Crippen molar-refractivity contribution < 1.29 is 13.2 Å². The van der Waals surface area contributed by atoms with Gasteiger partial charge < -0.3 is 5.32 Å². The summed E-state index contributed by atoms with van der Waals surface area (Å²) in [4.78, 5) is 12.2. The minimum absolute atomic E-state index is 0.0902. The molecular weight excluding hydrogens is 286 g/mol. The fraction of sp³-hybridized carbons (Fsp3) is 0.562. The Kier molecular flexibility index (Phi) is 5.39. The standard InChI is InChI=1S/C16H23NO3S/c1-13(16(18)17-15-10-6-3-7-11-15)21(19,20)12-14-8-4-2-5-9-14/h2,4-5,8-9,13,15H,3,6-7,10-12H2,1H3,(H,17,18). The SMILES string of the molecule is CC(C(=O)NC1CCCCC1)S(=O)(=O)Cc1ccccc1. The van der Waals surface area contributed by atoms with E-state index in [9.17, 15) is 13.2 Å². The molecule has 0 heterocycles. The predicted molar refractivity (Wildman–Crippen MR) is 83.5 cm³/mol. The van der Waals surface area contributed by atoms with E-state index in [0.717, 1.165) is 31.2 Å². The second-order valence-electron chi connectivity index (χ2n) is 5.78. The summed E-state index contributed by atoms with van der Waals surface area (Å²) in [7, 11) is -3.48. The van der Waals surface area contributed by atoms with Gasteiger partial charge in [0.05, 0.1) is 5.75 Å². The van der Waals surface area contributed by atoms with Crippen LogP contribution in [0.3, 0.4) is 0 Å². The summed E-state index contributed by atoms with van der Waals surface area (Å²) >= 11 is 0. The number of amides is 1. The lowest BCUT2D eigenvalue weighted by Gasteiger charge is -2.24. The van der Waals surface area contributed by atoms with Crippen LogP contribution in [0.25, 0.3) is 0 Å². The number of nitrogens with one attached hydrogen (secondary N) is 1. The largest absolute Gasteiger partial charge is 0.352 e. The van der Waals surface area contributed by atoms with Crippen molar-refractivity contribution in [3.8, 4) is 0 Å². The molecule has 4 nitrogen and oxygen atoms in total. The first-order valence-electron chi connectivity index (χ1n) is 7.55. The fourth-order valence-electron chi connectivity index (χ4n) is 2.66. The highest BCUT2D eigenvalue weighted by Crippen LogP contribution is 2.18. The molecule has 0 aromatic heterocycles. The molecule has 5 heteroatoms. The second kappa shape index (κ2) is 7.07. The number of hydrogen-bond acceptors (Lipinski definition) is 3. The van der Waals surface area contributed by atoms with E-state index in [2.05, 4.69) is 5.32 Å². The number of carbonyl (C=O) groups is 1. The van der Waals surface area contributed by atoms with Crippen LogP contribution in [-0.4, -0.2) is 25.6 Å². The number of carbonyl (C=O) groups excluding carboxylic acids is 1. The predicted octanol–water partition coefficient (Wildman–Crippen LogP) is 2.44. The molecule has 1 N–H and O–H groups in total. The lowest BCUT2D eigenvalue weighted by Crippen LogP contribution is -2.44. The highest BCUT2D eigenvalue weighted by molar-refractivity contribution is 7.92. The fourth-order valence-corrected chi connectivity index (χ4v) is 3.96. The van der Waals surface area contributed by atoms with Crippen LogP contribution in [0.5, 0.6) is 0 Å². The van der Waals surface area contributed by atoms with Gasteiger partial charge in [0.25, 0.3) is 0 Å². The Morgan fingerprint density at radius 3 is 2.43 bits per heavy atom. The number of rotatable bonds is 5. The van der Waals surface area contributed by atoms with Gasteiger partial charge in [0.2, 0.25) is 5.91 Å². The summed E-state index contributed by atoms with van der Waals surface area (Å²) in [6.07, 6.45) is 5.33. The Morgan fingerprint density at radius 1 is 1.19 bits per heavy atom. The third-order valence-electron chi connectivity index (χ3n) is 4.07. The summed E-state index contributed by atoms with van der Waals surface area (Å²) in [6, 6.07) is 9.12. The third-order valence-corrected chi connectivity index (χ3v) is 6.10. The molecule has 21 heavy (non-hydrogen) atoms.